The minimum Gasteiger partial charge on any atom is -0.494 e. The first kappa shape index (κ1) is 26.8. The molecule has 0 unspecified atom stereocenters. The van der Waals surface area contributed by atoms with Gasteiger partial charge >= 0.3 is 0 Å². The summed E-state index contributed by atoms with van der Waals surface area (Å²) in [5.41, 5.74) is 3.03. The number of nitrogens with zero attached hydrogens (tertiary/aromatic N) is 7. The standard InChI is InChI=1S/C26H31N7O5S/c1-16-13-27-25(28-14-16)24(38-5)17(2)39(34,35)15-22-29-30-26(19-12-18-8-7-11-32(18)31-19)33(22)23-20(36-3)9-6-10-21(23)37-4/h6,9-10,12-14,17,24H,7-8,11,15H2,1-5H3/t17-,24-/m0/s1. The Bertz CT molecular complexity index is 1540. The van der Waals surface area contributed by atoms with Crippen LogP contribution < -0.4 is 9.47 Å². The predicted octanol–water partition coefficient (Wildman–Crippen LogP) is 2.88. The normalized spacial score (nSPS) is 14.7. The number of aryl methyl sites for hydroxylation is 3. The van der Waals surface area contributed by atoms with Gasteiger partial charge in [-0.2, -0.15) is 5.10 Å². The minimum absolute atomic E-state index is 0.187. The lowest BCUT2D eigenvalue weighted by Gasteiger charge is -2.22. The SMILES string of the molecule is COc1cccc(OC)c1-n1c(CS(=O)(=O)[C@@H](C)[C@H](OC)c2ncc(C)cn2)nnc1-c1cc2n(n1)CCC2. The van der Waals surface area contributed by atoms with E-state index >= 15 is 0 Å². The van der Waals surface area contributed by atoms with E-state index in [4.69, 9.17) is 19.3 Å². The Kier molecular flexibility index (Phi) is 7.36. The molecule has 2 atom stereocenters. The smallest absolute Gasteiger partial charge is 0.189 e. The molecule has 39 heavy (non-hydrogen) atoms. The summed E-state index contributed by atoms with van der Waals surface area (Å²) in [6.07, 6.45) is 4.34. The molecule has 0 amide bonds. The van der Waals surface area contributed by atoms with Crippen molar-refractivity contribution in [1.82, 2.24) is 34.5 Å². The number of ether oxygens (including phenoxy) is 3. The zero-order chi connectivity index (χ0) is 27.7. The molecule has 0 bridgehead atoms. The molecule has 0 N–H and O–H groups in total. The van der Waals surface area contributed by atoms with Gasteiger partial charge in [-0.25, -0.2) is 18.4 Å². The number of methoxy groups -OCH3 is 3. The molecule has 12 nitrogen and oxygen atoms in total. The Hall–Kier alpha value is -3.84. The first-order valence-electron chi connectivity index (χ1n) is 12.5. The van der Waals surface area contributed by atoms with Gasteiger partial charge in [-0.3, -0.25) is 9.25 Å². The van der Waals surface area contributed by atoms with Gasteiger partial charge in [0.25, 0.3) is 0 Å². The van der Waals surface area contributed by atoms with Crippen molar-refractivity contribution in [3.05, 3.63) is 59.6 Å². The van der Waals surface area contributed by atoms with E-state index < -0.39 is 26.9 Å². The highest BCUT2D eigenvalue weighted by Gasteiger charge is 2.35. The number of hydrogen-bond donors (Lipinski definition) is 0. The summed E-state index contributed by atoms with van der Waals surface area (Å²) >= 11 is 0. The van der Waals surface area contributed by atoms with E-state index in [1.54, 1.807) is 42.1 Å². The largest absolute Gasteiger partial charge is 0.494 e. The van der Waals surface area contributed by atoms with Gasteiger partial charge in [0, 0.05) is 31.7 Å². The minimum atomic E-state index is -3.85. The number of fused-ring (bicyclic) bond motifs is 1. The monoisotopic (exact) mass is 553 g/mol. The second-order valence-corrected chi connectivity index (χ2v) is 11.8. The van der Waals surface area contributed by atoms with E-state index in [1.807, 2.05) is 17.7 Å². The second kappa shape index (κ2) is 10.7. The van der Waals surface area contributed by atoms with Crippen LogP contribution in [0.25, 0.3) is 17.2 Å². The predicted molar refractivity (Wildman–Crippen MR) is 143 cm³/mol. The topological polar surface area (TPSA) is 136 Å². The molecule has 0 fully saturated rings. The summed E-state index contributed by atoms with van der Waals surface area (Å²) in [6.45, 7) is 4.26. The third-order valence-electron chi connectivity index (χ3n) is 6.88. The lowest BCUT2D eigenvalue weighted by atomic mass is 10.2. The Labute approximate surface area is 226 Å². The van der Waals surface area contributed by atoms with Crippen molar-refractivity contribution < 1.29 is 22.6 Å². The van der Waals surface area contributed by atoms with E-state index in [0.717, 1.165) is 30.6 Å². The highest BCUT2D eigenvalue weighted by molar-refractivity contribution is 7.91. The summed E-state index contributed by atoms with van der Waals surface area (Å²) in [5.74, 6) is 1.38. The molecule has 4 aromatic rings. The van der Waals surface area contributed by atoms with Gasteiger partial charge in [-0.15, -0.1) is 10.2 Å². The zero-order valence-corrected chi connectivity index (χ0v) is 23.3. The van der Waals surface area contributed by atoms with Crippen LogP contribution in [0, 0.1) is 6.92 Å². The van der Waals surface area contributed by atoms with Crippen molar-refractivity contribution in [2.24, 2.45) is 0 Å². The van der Waals surface area contributed by atoms with E-state index in [0.29, 0.717) is 34.5 Å². The zero-order valence-electron chi connectivity index (χ0n) is 22.5. The lowest BCUT2D eigenvalue weighted by Crippen LogP contribution is -2.30. The highest BCUT2D eigenvalue weighted by Crippen LogP contribution is 2.37. The van der Waals surface area contributed by atoms with Crippen molar-refractivity contribution in [3.8, 4) is 28.7 Å². The second-order valence-electron chi connectivity index (χ2n) is 9.42. The molecule has 0 spiro atoms. The van der Waals surface area contributed by atoms with Gasteiger partial charge in [-0.1, -0.05) is 6.07 Å². The summed E-state index contributed by atoms with van der Waals surface area (Å²) in [5, 5.41) is 12.5. The molecule has 0 saturated heterocycles. The Morgan fingerprint density at radius 2 is 1.74 bits per heavy atom. The molecule has 0 radical (unpaired) electrons. The Morgan fingerprint density at radius 3 is 2.36 bits per heavy atom. The number of aromatic nitrogens is 7. The van der Waals surface area contributed by atoms with Crippen molar-refractivity contribution in [2.75, 3.05) is 21.3 Å². The van der Waals surface area contributed by atoms with Gasteiger partial charge in [0.15, 0.2) is 27.3 Å². The first-order valence-corrected chi connectivity index (χ1v) is 14.2. The van der Waals surface area contributed by atoms with Gasteiger partial charge in [0.05, 0.1) is 19.5 Å². The molecule has 4 heterocycles. The number of sulfone groups is 1. The maximum Gasteiger partial charge on any atom is 0.189 e. The molecule has 1 aliphatic rings. The van der Waals surface area contributed by atoms with E-state index in [-0.39, 0.29) is 5.82 Å². The maximum absolute atomic E-state index is 13.8. The van der Waals surface area contributed by atoms with Crippen LogP contribution in [0.2, 0.25) is 0 Å². The van der Waals surface area contributed by atoms with E-state index in [2.05, 4.69) is 20.2 Å². The van der Waals surface area contributed by atoms with E-state index in [1.165, 1.54) is 21.3 Å². The summed E-state index contributed by atoms with van der Waals surface area (Å²) in [4.78, 5) is 8.58. The molecule has 13 heteroatoms. The van der Waals surface area contributed by atoms with Crippen LogP contribution in [-0.4, -0.2) is 69.5 Å². The number of hydrogen-bond acceptors (Lipinski definition) is 10. The molecular formula is C26H31N7O5S. The van der Waals surface area contributed by atoms with Crippen molar-refractivity contribution in [3.63, 3.8) is 0 Å². The summed E-state index contributed by atoms with van der Waals surface area (Å²) in [6, 6.07) is 7.29. The fraction of sp³-hybridized carbons (Fsp3) is 0.423. The van der Waals surface area contributed by atoms with Crippen molar-refractivity contribution >= 4 is 9.84 Å². The van der Waals surface area contributed by atoms with Crippen LogP contribution in [0.5, 0.6) is 11.5 Å². The van der Waals surface area contributed by atoms with Gasteiger partial charge in [-0.05, 0) is 50.5 Å². The Balaban J connectivity index is 1.61. The van der Waals surface area contributed by atoms with Crippen molar-refractivity contribution in [2.45, 2.75) is 50.3 Å². The van der Waals surface area contributed by atoms with Gasteiger partial charge < -0.3 is 14.2 Å². The fourth-order valence-corrected chi connectivity index (χ4v) is 6.21. The van der Waals surface area contributed by atoms with Crippen LogP contribution >= 0.6 is 0 Å². The molecule has 1 aliphatic heterocycles. The number of para-hydroxylation sites is 1. The van der Waals surface area contributed by atoms with Crippen molar-refractivity contribution in [1.29, 1.82) is 0 Å². The molecule has 0 aliphatic carbocycles. The van der Waals surface area contributed by atoms with E-state index in [9.17, 15) is 8.42 Å². The molecule has 206 valence electrons. The third-order valence-corrected chi connectivity index (χ3v) is 8.92. The quantitative estimate of drug-likeness (QED) is 0.288. The Morgan fingerprint density at radius 1 is 1.05 bits per heavy atom. The summed E-state index contributed by atoms with van der Waals surface area (Å²) < 4.78 is 48.0. The fourth-order valence-electron chi connectivity index (χ4n) is 4.79. The van der Waals surface area contributed by atoms with Crippen LogP contribution in [0.4, 0.5) is 0 Å². The van der Waals surface area contributed by atoms with Crippen LogP contribution in [0.15, 0.2) is 36.7 Å². The maximum atomic E-state index is 13.8. The van der Waals surface area contributed by atoms with Crippen LogP contribution in [0.3, 0.4) is 0 Å². The molecular weight excluding hydrogens is 522 g/mol. The average molecular weight is 554 g/mol. The average Bonchev–Trinajstić information content (AvgIpc) is 3.64. The molecule has 0 saturated carbocycles. The van der Waals surface area contributed by atoms with Crippen LogP contribution in [0.1, 0.15) is 42.4 Å². The molecule has 5 rings (SSSR count). The van der Waals surface area contributed by atoms with Crippen LogP contribution in [-0.2, 0) is 33.3 Å². The van der Waals surface area contributed by atoms with Gasteiger partial charge in [0.2, 0.25) is 0 Å². The molecule has 1 aromatic carbocycles. The number of rotatable bonds is 10. The lowest BCUT2D eigenvalue weighted by molar-refractivity contribution is 0.0947. The van der Waals surface area contributed by atoms with Gasteiger partial charge in [0.1, 0.15) is 34.7 Å². The third kappa shape index (κ3) is 4.99. The molecule has 3 aromatic heterocycles. The first-order chi connectivity index (χ1) is 18.8. The number of benzene rings is 1. The summed E-state index contributed by atoms with van der Waals surface area (Å²) in [7, 11) is 0.666. The highest BCUT2D eigenvalue weighted by atomic mass is 32.2.